The fourth-order valence-electron chi connectivity index (χ4n) is 1.40. The Labute approximate surface area is 114 Å². The van der Waals surface area contributed by atoms with Gasteiger partial charge >= 0.3 is 5.97 Å². The number of amides is 1. The summed E-state index contributed by atoms with van der Waals surface area (Å²) in [5.41, 5.74) is 0.997. The highest BCUT2D eigenvalue weighted by atomic mass is 79.9. The lowest BCUT2D eigenvalue weighted by Crippen LogP contribution is -2.28. The van der Waals surface area contributed by atoms with Gasteiger partial charge in [-0.15, -0.1) is 0 Å². The molecule has 0 aliphatic rings. The molecular weight excluding hydrogens is 298 g/mol. The van der Waals surface area contributed by atoms with Gasteiger partial charge in [-0.2, -0.15) is 0 Å². The van der Waals surface area contributed by atoms with Crippen LogP contribution >= 0.6 is 15.9 Å². The van der Waals surface area contributed by atoms with Crippen molar-refractivity contribution in [2.45, 2.75) is 13.5 Å². The Kier molecular flexibility index (Phi) is 5.58. The van der Waals surface area contributed by atoms with Gasteiger partial charge in [0.2, 0.25) is 5.91 Å². The number of halogens is 1. The van der Waals surface area contributed by atoms with Crippen LogP contribution in [0.4, 0.5) is 0 Å². The number of aliphatic carboxylic acids is 1. The van der Waals surface area contributed by atoms with Gasteiger partial charge in [-0.3, -0.25) is 4.79 Å². The van der Waals surface area contributed by atoms with Crippen molar-refractivity contribution in [1.29, 1.82) is 0 Å². The van der Waals surface area contributed by atoms with Crippen molar-refractivity contribution in [3.8, 4) is 0 Å². The van der Waals surface area contributed by atoms with Crippen molar-refractivity contribution in [3.63, 3.8) is 0 Å². The fourth-order valence-corrected chi connectivity index (χ4v) is 1.67. The molecule has 1 rings (SSSR count). The van der Waals surface area contributed by atoms with Gasteiger partial charge in [0.05, 0.1) is 0 Å². The molecule has 0 heterocycles. The molecule has 0 aliphatic carbocycles. The lowest BCUT2D eigenvalue weighted by molar-refractivity contribution is -0.132. The molecule has 1 N–H and O–H groups in total. The van der Waals surface area contributed by atoms with E-state index >= 15 is 0 Å². The first kappa shape index (κ1) is 14.4. The Bertz CT molecular complexity index is 454. The van der Waals surface area contributed by atoms with Crippen molar-refractivity contribution in [2.24, 2.45) is 0 Å². The fraction of sp³-hybridized carbons (Fsp3) is 0.231. The minimum atomic E-state index is -1.12. The summed E-state index contributed by atoms with van der Waals surface area (Å²) in [4.78, 5) is 23.6. The van der Waals surface area contributed by atoms with Gasteiger partial charge in [-0.1, -0.05) is 28.1 Å². The summed E-state index contributed by atoms with van der Waals surface area (Å²) in [6.07, 6.45) is 1.93. The highest BCUT2D eigenvalue weighted by molar-refractivity contribution is 9.10. The predicted octanol–water partition coefficient (Wildman–Crippen LogP) is 2.44. The average molecular weight is 312 g/mol. The van der Waals surface area contributed by atoms with Crippen molar-refractivity contribution < 1.29 is 14.7 Å². The van der Waals surface area contributed by atoms with E-state index in [1.807, 2.05) is 31.2 Å². The minimum Gasteiger partial charge on any atom is -0.478 e. The van der Waals surface area contributed by atoms with Gasteiger partial charge in [-0.25, -0.2) is 4.79 Å². The quantitative estimate of drug-likeness (QED) is 0.850. The van der Waals surface area contributed by atoms with Crippen molar-refractivity contribution >= 4 is 27.8 Å². The maximum absolute atomic E-state index is 11.7. The van der Waals surface area contributed by atoms with Gasteiger partial charge in [0.1, 0.15) is 0 Å². The number of carboxylic acid groups (broad SMARTS) is 1. The van der Waals surface area contributed by atoms with Crippen LogP contribution in [0, 0.1) is 0 Å². The van der Waals surface area contributed by atoms with Crippen LogP contribution in [-0.2, 0) is 16.1 Å². The zero-order valence-electron chi connectivity index (χ0n) is 9.97. The standard InChI is InChI=1S/C13H14BrNO3/c1-2-15(12(16)7-8-13(17)18)9-10-3-5-11(14)6-4-10/h3-8H,2,9H2,1H3,(H,17,18)/b8-7+. The normalized spacial score (nSPS) is 10.6. The number of likely N-dealkylation sites (N-methyl/N-ethyl adjacent to an activating group) is 1. The number of rotatable bonds is 5. The number of carbonyl (C=O) groups excluding carboxylic acids is 1. The molecule has 1 aromatic rings. The SMILES string of the molecule is CCN(Cc1ccc(Br)cc1)C(=O)/C=C/C(=O)O. The van der Waals surface area contributed by atoms with Crippen LogP contribution in [0.25, 0.3) is 0 Å². The molecule has 0 unspecified atom stereocenters. The van der Waals surface area contributed by atoms with Crippen LogP contribution in [0.2, 0.25) is 0 Å². The second kappa shape index (κ2) is 6.96. The highest BCUT2D eigenvalue weighted by Crippen LogP contribution is 2.12. The Hall–Kier alpha value is -1.62. The van der Waals surface area contributed by atoms with Crippen LogP contribution in [0.15, 0.2) is 40.9 Å². The molecular formula is C13H14BrNO3. The van der Waals surface area contributed by atoms with E-state index < -0.39 is 5.97 Å². The van der Waals surface area contributed by atoms with E-state index in [4.69, 9.17) is 5.11 Å². The number of hydrogen-bond donors (Lipinski definition) is 1. The van der Waals surface area contributed by atoms with E-state index in [9.17, 15) is 9.59 Å². The third kappa shape index (κ3) is 4.71. The average Bonchev–Trinajstić information content (AvgIpc) is 2.35. The molecule has 0 fully saturated rings. The molecule has 96 valence electrons. The van der Waals surface area contributed by atoms with Gasteiger partial charge < -0.3 is 10.0 Å². The summed E-state index contributed by atoms with van der Waals surface area (Å²) in [6.45, 7) is 2.84. The Balaban J connectivity index is 2.69. The molecule has 1 aromatic carbocycles. The Morgan fingerprint density at radius 3 is 2.39 bits per heavy atom. The topological polar surface area (TPSA) is 57.6 Å². The number of carbonyl (C=O) groups is 2. The van der Waals surface area contributed by atoms with E-state index in [0.29, 0.717) is 13.1 Å². The number of nitrogens with zero attached hydrogens (tertiary/aromatic N) is 1. The summed E-state index contributed by atoms with van der Waals surface area (Å²) in [5, 5.41) is 8.47. The zero-order chi connectivity index (χ0) is 13.5. The van der Waals surface area contributed by atoms with Crippen LogP contribution in [0.3, 0.4) is 0 Å². The molecule has 18 heavy (non-hydrogen) atoms. The van der Waals surface area contributed by atoms with E-state index in [0.717, 1.165) is 22.2 Å². The minimum absolute atomic E-state index is 0.303. The van der Waals surface area contributed by atoms with E-state index in [1.54, 1.807) is 4.90 Å². The summed E-state index contributed by atoms with van der Waals surface area (Å²) in [5.74, 6) is -1.43. The third-order valence-electron chi connectivity index (χ3n) is 2.35. The second-order valence-corrected chi connectivity index (χ2v) is 4.57. The maximum atomic E-state index is 11.7. The highest BCUT2D eigenvalue weighted by Gasteiger charge is 2.09. The molecule has 0 bridgehead atoms. The summed E-state index contributed by atoms with van der Waals surface area (Å²) in [6, 6.07) is 7.64. The molecule has 0 atom stereocenters. The van der Waals surface area contributed by atoms with Gasteiger partial charge in [0, 0.05) is 29.7 Å². The van der Waals surface area contributed by atoms with Crippen LogP contribution < -0.4 is 0 Å². The van der Waals surface area contributed by atoms with Crippen LogP contribution in [-0.4, -0.2) is 28.4 Å². The summed E-state index contributed by atoms with van der Waals surface area (Å²) in [7, 11) is 0. The van der Waals surface area contributed by atoms with E-state index in [1.165, 1.54) is 0 Å². The molecule has 5 heteroatoms. The molecule has 0 saturated heterocycles. The van der Waals surface area contributed by atoms with Gasteiger partial charge in [0.15, 0.2) is 0 Å². The molecule has 0 spiro atoms. The molecule has 0 radical (unpaired) electrons. The predicted molar refractivity (Wildman–Crippen MR) is 72.0 cm³/mol. The first-order valence-corrected chi connectivity index (χ1v) is 6.26. The van der Waals surface area contributed by atoms with Gasteiger partial charge in [0.25, 0.3) is 0 Å². The third-order valence-corrected chi connectivity index (χ3v) is 2.88. The number of carboxylic acids is 1. The molecule has 1 amide bonds. The largest absolute Gasteiger partial charge is 0.478 e. The van der Waals surface area contributed by atoms with Crippen molar-refractivity contribution in [1.82, 2.24) is 4.90 Å². The Morgan fingerprint density at radius 1 is 1.28 bits per heavy atom. The summed E-state index contributed by atoms with van der Waals surface area (Å²) >= 11 is 3.34. The first-order chi connectivity index (χ1) is 8.52. The molecule has 0 aromatic heterocycles. The maximum Gasteiger partial charge on any atom is 0.328 e. The lowest BCUT2D eigenvalue weighted by Gasteiger charge is -2.19. The first-order valence-electron chi connectivity index (χ1n) is 5.47. The molecule has 0 saturated carbocycles. The summed E-state index contributed by atoms with van der Waals surface area (Å²) < 4.78 is 0.978. The zero-order valence-corrected chi connectivity index (χ0v) is 11.6. The number of hydrogen-bond acceptors (Lipinski definition) is 2. The monoisotopic (exact) mass is 311 g/mol. The van der Waals surface area contributed by atoms with Crippen LogP contribution in [0.5, 0.6) is 0 Å². The van der Waals surface area contributed by atoms with Crippen molar-refractivity contribution in [2.75, 3.05) is 6.54 Å². The van der Waals surface area contributed by atoms with Gasteiger partial charge in [-0.05, 0) is 24.6 Å². The second-order valence-electron chi connectivity index (χ2n) is 3.65. The van der Waals surface area contributed by atoms with E-state index in [2.05, 4.69) is 15.9 Å². The lowest BCUT2D eigenvalue weighted by atomic mass is 10.2. The van der Waals surface area contributed by atoms with E-state index in [-0.39, 0.29) is 5.91 Å². The van der Waals surface area contributed by atoms with Crippen LogP contribution in [0.1, 0.15) is 12.5 Å². The smallest absolute Gasteiger partial charge is 0.328 e. The number of benzene rings is 1. The Morgan fingerprint density at radius 2 is 1.89 bits per heavy atom. The van der Waals surface area contributed by atoms with Crippen molar-refractivity contribution in [3.05, 3.63) is 46.5 Å². The molecule has 0 aliphatic heterocycles. The molecule has 4 nitrogen and oxygen atoms in total.